The van der Waals surface area contributed by atoms with Crippen LogP contribution in [-0.2, 0) is 15.4 Å². The van der Waals surface area contributed by atoms with E-state index in [1.807, 2.05) is 25.5 Å². The van der Waals surface area contributed by atoms with Gasteiger partial charge in [0.05, 0.1) is 11.6 Å². The molecule has 3 aromatic rings. The number of carbonyl (C=O) groups is 1. The van der Waals surface area contributed by atoms with E-state index >= 15 is 0 Å². The van der Waals surface area contributed by atoms with Crippen LogP contribution in [0.4, 0.5) is 5.82 Å². The highest BCUT2D eigenvalue weighted by atomic mass is 32.2. The molecule has 0 aliphatic carbocycles. The van der Waals surface area contributed by atoms with E-state index in [2.05, 4.69) is 16.0 Å². The Kier molecular flexibility index (Phi) is 6.61. The first-order valence-corrected chi connectivity index (χ1v) is 11.8. The largest absolute Gasteiger partial charge is 0.438 e. The van der Waals surface area contributed by atoms with Gasteiger partial charge < -0.3 is 10.5 Å². The van der Waals surface area contributed by atoms with Crippen LogP contribution in [0.25, 0.3) is 0 Å². The normalized spacial score (nSPS) is 11.5. The van der Waals surface area contributed by atoms with Gasteiger partial charge in [0.2, 0.25) is 5.88 Å². The molecular weight excluding hydrogens is 454 g/mol. The maximum Gasteiger partial charge on any atom is 0.281 e. The highest BCUT2D eigenvalue weighted by molar-refractivity contribution is 7.90. The Hall–Kier alpha value is -3.97. The molecule has 34 heavy (non-hydrogen) atoms. The second-order valence-electron chi connectivity index (χ2n) is 8.79. The summed E-state index contributed by atoms with van der Waals surface area (Å²) in [6.07, 6.45) is 0. The SMILES string of the molecule is Cc1cc(C#N)cc(C)c1Oc1nc(C(C)(C)C)ccc1C(=O)NS(=O)(=O)c1cccc(N)n1. The lowest BCUT2D eigenvalue weighted by Gasteiger charge is -2.20. The Labute approximate surface area is 198 Å². The Morgan fingerprint density at radius 3 is 2.29 bits per heavy atom. The average molecular weight is 480 g/mol. The first-order chi connectivity index (χ1) is 15.8. The summed E-state index contributed by atoms with van der Waals surface area (Å²) in [6, 6.07) is 12.6. The molecule has 0 aliphatic rings. The minimum Gasteiger partial charge on any atom is -0.438 e. The number of sulfonamides is 1. The number of benzene rings is 1. The van der Waals surface area contributed by atoms with E-state index in [-0.39, 0.29) is 27.7 Å². The monoisotopic (exact) mass is 479 g/mol. The van der Waals surface area contributed by atoms with E-state index in [9.17, 15) is 18.5 Å². The predicted octanol–water partition coefficient (Wildman–Crippen LogP) is 3.76. The van der Waals surface area contributed by atoms with Gasteiger partial charge in [0.15, 0.2) is 5.03 Å². The van der Waals surface area contributed by atoms with Crippen LogP contribution in [0.1, 0.15) is 53.5 Å². The number of amides is 1. The molecule has 2 heterocycles. The molecule has 9 nitrogen and oxygen atoms in total. The summed E-state index contributed by atoms with van der Waals surface area (Å²) in [4.78, 5) is 21.3. The summed E-state index contributed by atoms with van der Waals surface area (Å²) in [7, 11) is -4.29. The van der Waals surface area contributed by atoms with E-state index in [1.54, 1.807) is 32.0 Å². The van der Waals surface area contributed by atoms with Crippen molar-refractivity contribution in [1.82, 2.24) is 14.7 Å². The fourth-order valence-corrected chi connectivity index (χ4v) is 4.13. The first-order valence-electron chi connectivity index (χ1n) is 10.3. The van der Waals surface area contributed by atoms with Crippen LogP contribution in [-0.4, -0.2) is 24.3 Å². The highest BCUT2D eigenvalue weighted by Crippen LogP contribution is 2.33. The highest BCUT2D eigenvalue weighted by Gasteiger charge is 2.26. The van der Waals surface area contributed by atoms with Crippen molar-refractivity contribution in [1.29, 1.82) is 5.26 Å². The summed E-state index contributed by atoms with van der Waals surface area (Å²) in [5.41, 5.74) is 7.58. The molecule has 176 valence electrons. The number of hydrogen-bond acceptors (Lipinski definition) is 8. The molecule has 0 atom stereocenters. The van der Waals surface area contributed by atoms with Crippen molar-refractivity contribution in [2.24, 2.45) is 0 Å². The van der Waals surface area contributed by atoms with Gasteiger partial charge in [-0.1, -0.05) is 26.8 Å². The Morgan fingerprint density at radius 1 is 1.09 bits per heavy atom. The van der Waals surface area contributed by atoms with Crippen molar-refractivity contribution in [2.45, 2.75) is 45.1 Å². The fraction of sp³-hybridized carbons (Fsp3) is 0.250. The number of nitrogens with two attached hydrogens (primary N) is 1. The number of nitriles is 1. The van der Waals surface area contributed by atoms with Gasteiger partial charge >= 0.3 is 0 Å². The van der Waals surface area contributed by atoms with Crippen molar-refractivity contribution >= 4 is 21.7 Å². The number of nitrogens with one attached hydrogen (secondary N) is 1. The zero-order chi connectivity index (χ0) is 25.3. The van der Waals surface area contributed by atoms with Crippen molar-refractivity contribution in [3.8, 4) is 17.7 Å². The number of aromatic nitrogens is 2. The van der Waals surface area contributed by atoms with Crippen LogP contribution >= 0.6 is 0 Å². The van der Waals surface area contributed by atoms with Crippen molar-refractivity contribution < 1.29 is 17.9 Å². The zero-order valence-corrected chi connectivity index (χ0v) is 20.3. The Morgan fingerprint density at radius 2 is 1.74 bits per heavy atom. The third-order valence-corrected chi connectivity index (χ3v) is 6.14. The van der Waals surface area contributed by atoms with Crippen LogP contribution in [0.2, 0.25) is 0 Å². The molecule has 3 rings (SSSR count). The lowest BCUT2D eigenvalue weighted by Crippen LogP contribution is -2.32. The zero-order valence-electron chi connectivity index (χ0n) is 19.5. The summed E-state index contributed by atoms with van der Waals surface area (Å²) >= 11 is 0. The molecule has 0 aliphatic heterocycles. The molecule has 0 spiro atoms. The van der Waals surface area contributed by atoms with Gasteiger partial charge in [-0.25, -0.2) is 14.7 Å². The molecule has 3 N–H and O–H groups in total. The number of aryl methyl sites for hydroxylation is 2. The summed E-state index contributed by atoms with van der Waals surface area (Å²) in [6.45, 7) is 9.39. The lowest BCUT2D eigenvalue weighted by atomic mass is 9.91. The standard InChI is InChI=1S/C24H25N5O4S/c1-14-11-16(13-25)12-15(2)21(14)33-23-17(9-10-18(27-23)24(3,4)5)22(30)29-34(31,32)20-8-6-7-19(26)28-20/h6-12H,1-5H3,(H2,26,28)(H,29,30). The van der Waals surface area contributed by atoms with Gasteiger partial charge in [-0.3, -0.25) is 4.79 Å². The molecule has 1 aromatic carbocycles. The second kappa shape index (κ2) is 9.11. The number of anilines is 1. The van der Waals surface area contributed by atoms with Gasteiger partial charge in [-0.05, 0) is 61.4 Å². The van der Waals surface area contributed by atoms with Gasteiger partial charge in [-0.2, -0.15) is 13.7 Å². The summed E-state index contributed by atoms with van der Waals surface area (Å²) in [5, 5.41) is 8.82. The van der Waals surface area contributed by atoms with E-state index in [4.69, 9.17) is 10.5 Å². The Balaban J connectivity index is 2.06. The van der Waals surface area contributed by atoms with Crippen molar-refractivity contribution in [3.63, 3.8) is 0 Å². The average Bonchev–Trinajstić information content (AvgIpc) is 2.75. The van der Waals surface area contributed by atoms with Gasteiger partial charge in [0, 0.05) is 11.1 Å². The number of ether oxygens (including phenoxy) is 1. The number of carbonyl (C=O) groups excluding carboxylic acids is 1. The third-order valence-electron chi connectivity index (χ3n) is 4.91. The summed E-state index contributed by atoms with van der Waals surface area (Å²) in [5.74, 6) is -0.568. The molecule has 0 fully saturated rings. The molecule has 2 aromatic heterocycles. The maximum atomic E-state index is 13.0. The van der Waals surface area contributed by atoms with Crippen LogP contribution in [0.3, 0.4) is 0 Å². The Bertz CT molecular complexity index is 1400. The third kappa shape index (κ3) is 5.32. The molecule has 0 saturated heterocycles. The summed E-state index contributed by atoms with van der Waals surface area (Å²) < 4.78 is 33.5. The van der Waals surface area contributed by atoms with Crippen molar-refractivity contribution in [2.75, 3.05) is 5.73 Å². The lowest BCUT2D eigenvalue weighted by molar-refractivity contribution is 0.0978. The molecular formula is C24H25N5O4S. The van der Waals surface area contributed by atoms with Gasteiger partial charge in [0.25, 0.3) is 15.9 Å². The smallest absolute Gasteiger partial charge is 0.281 e. The molecule has 0 saturated carbocycles. The number of hydrogen-bond donors (Lipinski definition) is 2. The van der Waals surface area contributed by atoms with E-state index in [0.29, 0.717) is 28.1 Å². The maximum absolute atomic E-state index is 13.0. The van der Waals surface area contributed by atoms with Crippen molar-refractivity contribution in [3.05, 3.63) is 70.4 Å². The van der Waals surface area contributed by atoms with Crippen LogP contribution in [0, 0.1) is 25.2 Å². The first kappa shape index (κ1) is 24.7. The van der Waals surface area contributed by atoms with Crippen LogP contribution in [0.15, 0.2) is 47.5 Å². The number of nitrogens with zero attached hydrogens (tertiary/aromatic N) is 3. The quantitative estimate of drug-likeness (QED) is 0.562. The second-order valence-corrected chi connectivity index (χ2v) is 10.4. The van der Waals surface area contributed by atoms with E-state index in [1.165, 1.54) is 24.3 Å². The number of nitrogen functional groups attached to an aromatic ring is 1. The van der Waals surface area contributed by atoms with E-state index < -0.39 is 15.9 Å². The minimum atomic E-state index is -4.29. The number of pyridine rings is 2. The predicted molar refractivity (Wildman–Crippen MR) is 127 cm³/mol. The molecule has 0 bridgehead atoms. The molecule has 1 amide bonds. The molecule has 0 unspecified atom stereocenters. The van der Waals surface area contributed by atoms with Crippen LogP contribution < -0.4 is 15.2 Å². The molecule has 10 heteroatoms. The van der Waals surface area contributed by atoms with Gasteiger partial charge in [0.1, 0.15) is 17.1 Å². The number of rotatable bonds is 5. The topological polar surface area (TPSA) is 148 Å². The van der Waals surface area contributed by atoms with Gasteiger partial charge in [-0.15, -0.1) is 0 Å². The van der Waals surface area contributed by atoms with E-state index in [0.717, 1.165) is 0 Å². The minimum absolute atomic E-state index is 0.00214. The molecule has 0 radical (unpaired) electrons. The fourth-order valence-electron chi connectivity index (χ4n) is 3.19. The van der Waals surface area contributed by atoms with Crippen LogP contribution in [0.5, 0.6) is 11.6 Å².